The van der Waals surface area contributed by atoms with Gasteiger partial charge in [0.05, 0.1) is 23.7 Å². The number of furan rings is 1. The highest BCUT2D eigenvalue weighted by molar-refractivity contribution is 8.18. The van der Waals surface area contributed by atoms with Gasteiger partial charge in [0.25, 0.3) is 5.91 Å². The minimum absolute atomic E-state index is 0.157. The molecule has 1 fully saturated rings. The van der Waals surface area contributed by atoms with Crippen LogP contribution in [0.5, 0.6) is 0 Å². The second-order valence-corrected chi connectivity index (χ2v) is 7.51. The van der Waals surface area contributed by atoms with Crippen molar-refractivity contribution < 1.29 is 18.3 Å². The molecule has 30 heavy (non-hydrogen) atoms. The first-order valence-electron chi connectivity index (χ1n) is 9.34. The number of rotatable bonds is 6. The molecule has 1 aliphatic heterocycles. The van der Waals surface area contributed by atoms with Crippen molar-refractivity contribution in [2.75, 3.05) is 20.3 Å². The average Bonchev–Trinajstić information content (AvgIpc) is 3.33. The summed E-state index contributed by atoms with van der Waals surface area (Å²) >= 11 is 1.29. The summed E-state index contributed by atoms with van der Waals surface area (Å²) in [6, 6.07) is 19.2. The molecule has 4 rings (SSSR count). The summed E-state index contributed by atoms with van der Waals surface area (Å²) in [6.07, 6.45) is 1.68. The van der Waals surface area contributed by atoms with E-state index in [0.29, 0.717) is 40.3 Å². The molecule has 2 aromatic carbocycles. The van der Waals surface area contributed by atoms with Crippen LogP contribution in [-0.2, 0) is 9.53 Å². The molecule has 0 radical (unpaired) electrons. The molecule has 5 nitrogen and oxygen atoms in total. The standard InChI is InChI=1S/C23H19FN2O3S/c1-28-13-12-26-22(27)21(30-23(26)25-18-8-3-2-4-9-18)15-19-10-11-20(29-19)16-6-5-7-17(24)14-16/h2-11,14-15H,12-13H2,1H3/b21-15-,25-23?. The first-order chi connectivity index (χ1) is 14.6. The zero-order valence-electron chi connectivity index (χ0n) is 16.2. The number of benzene rings is 2. The molecule has 0 saturated carbocycles. The van der Waals surface area contributed by atoms with Crippen LogP contribution in [-0.4, -0.2) is 36.2 Å². The van der Waals surface area contributed by atoms with Gasteiger partial charge < -0.3 is 9.15 Å². The van der Waals surface area contributed by atoms with Gasteiger partial charge in [-0.2, -0.15) is 0 Å². The van der Waals surface area contributed by atoms with Crippen molar-refractivity contribution in [3.63, 3.8) is 0 Å². The Labute approximate surface area is 177 Å². The van der Waals surface area contributed by atoms with Crippen molar-refractivity contribution in [1.82, 2.24) is 4.90 Å². The minimum Gasteiger partial charge on any atom is -0.457 e. The van der Waals surface area contributed by atoms with Crippen molar-refractivity contribution in [1.29, 1.82) is 0 Å². The van der Waals surface area contributed by atoms with Crippen LogP contribution < -0.4 is 0 Å². The van der Waals surface area contributed by atoms with Gasteiger partial charge in [0.15, 0.2) is 5.17 Å². The molecule has 0 spiro atoms. The molecule has 3 aromatic rings. The SMILES string of the molecule is COCCN1C(=O)/C(=C/c2ccc(-c3cccc(F)c3)o2)SC1=Nc1ccccc1. The van der Waals surface area contributed by atoms with Crippen LogP contribution >= 0.6 is 11.8 Å². The van der Waals surface area contributed by atoms with Gasteiger partial charge in [-0.1, -0.05) is 30.3 Å². The smallest absolute Gasteiger partial charge is 0.266 e. The predicted octanol–water partition coefficient (Wildman–Crippen LogP) is 5.34. The molecule has 2 heterocycles. The lowest BCUT2D eigenvalue weighted by Crippen LogP contribution is -2.32. The summed E-state index contributed by atoms with van der Waals surface area (Å²) in [4.78, 5) is 19.7. The number of hydrogen-bond donors (Lipinski definition) is 0. The van der Waals surface area contributed by atoms with E-state index in [1.54, 1.807) is 42.4 Å². The number of carbonyl (C=O) groups is 1. The fourth-order valence-electron chi connectivity index (χ4n) is 2.94. The number of carbonyl (C=O) groups excluding carboxylic acids is 1. The van der Waals surface area contributed by atoms with Gasteiger partial charge in [-0.3, -0.25) is 9.69 Å². The summed E-state index contributed by atoms with van der Waals surface area (Å²) in [5.74, 6) is 0.556. The first-order valence-corrected chi connectivity index (χ1v) is 10.2. The summed E-state index contributed by atoms with van der Waals surface area (Å²) < 4.78 is 24.4. The van der Waals surface area contributed by atoms with E-state index in [9.17, 15) is 9.18 Å². The van der Waals surface area contributed by atoms with Crippen LogP contribution in [0.2, 0.25) is 0 Å². The van der Waals surface area contributed by atoms with E-state index in [-0.39, 0.29) is 11.7 Å². The van der Waals surface area contributed by atoms with E-state index >= 15 is 0 Å². The Morgan fingerprint density at radius 2 is 1.97 bits per heavy atom. The third kappa shape index (κ3) is 4.53. The van der Waals surface area contributed by atoms with Crippen molar-refractivity contribution in [3.8, 4) is 11.3 Å². The number of thioether (sulfide) groups is 1. The summed E-state index contributed by atoms with van der Waals surface area (Å²) in [5.41, 5.74) is 1.40. The van der Waals surface area contributed by atoms with Gasteiger partial charge in [-0.05, 0) is 48.2 Å². The number of amides is 1. The average molecular weight is 422 g/mol. The van der Waals surface area contributed by atoms with Gasteiger partial charge in [0.1, 0.15) is 17.3 Å². The maximum atomic E-state index is 13.5. The van der Waals surface area contributed by atoms with E-state index in [2.05, 4.69) is 4.99 Å². The minimum atomic E-state index is -0.333. The van der Waals surface area contributed by atoms with Crippen molar-refractivity contribution in [3.05, 3.63) is 83.2 Å². The molecule has 0 aliphatic carbocycles. The van der Waals surface area contributed by atoms with E-state index in [1.807, 2.05) is 30.3 Å². The number of hydrogen-bond acceptors (Lipinski definition) is 5. The highest BCUT2D eigenvalue weighted by Gasteiger charge is 2.33. The third-order valence-electron chi connectivity index (χ3n) is 4.40. The quantitative estimate of drug-likeness (QED) is 0.504. The Hall–Kier alpha value is -3.16. The Kier molecular flexibility index (Phi) is 6.11. The molecule has 1 aromatic heterocycles. The zero-order valence-corrected chi connectivity index (χ0v) is 17.1. The molecule has 1 amide bonds. The molecule has 152 valence electrons. The van der Waals surface area contributed by atoms with Crippen LogP contribution in [0.25, 0.3) is 17.4 Å². The number of methoxy groups -OCH3 is 1. The first kappa shape index (κ1) is 20.1. The van der Waals surface area contributed by atoms with Crippen molar-refractivity contribution >= 4 is 34.6 Å². The normalized spacial score (nSPS) is 16.7. The number of amidine groups is 1. The lowest BCUT2D eigenvalue weighted by molar-refractivity contribution is -0.122. The summed E-state index contributed by atoms with van der Waals surface area (Å²) in [7, 11) is 1.59. The zero-order chi connectivity index (χ0) is 20.9. The molecule has 1 saturated heterocycles. The van der Waals surface area contributed by atoms with Crippen LogP contribution in [0.4, 0.5) is 10.1 Å². The van der Waals surface area contributed by atoms with Gasteiger partial charge in [0.2, 0.25) is 0 Å². The van der Waals surface area contributed by atoms with Crippen molar-refractivity contribution in [2.24, 2.45) is 4.99 Å². The Morgan fingerprint density at radius 1 is 1.13 bits per heavy atom. The van der Waals surface area contributed by atoms with E-state index in [4.69, 9.17) is 9.15 Å². The monoisotopic (exact) mass is 422 g/mol. The van der Waals surface area contributed by atoms with Crippen LogP contribution in [0.1, 0.15) is 5.76 Å². The van der Waals surface area contributed by atoms with E-state index in [1.165, 1.54) is 23.9 Å². The third-order valence-corrected chi connectivity index (χ3v) is 5.40. The fourth-order valence-corrected chi connectivity index (χ4v) is 3.95. The second-order valence-electron chi connectivity index (χ2n) is 6.50. The molecule has 0 N–H and O–H groups in total. The highest BCUT2D eigenvalue weighted by Crippen LogP contribution is 2.35. The molecule has 0 unspecified atom stereocenters. The molecular weight excluding hydrogens is 403 g/mol. The van der Waals surface area contributed by atoms with Crippen LogP contribution in [0.15, 0.2) is 81.0 Å². The maximum Gasteiger partial charge on any atom is 0.266 e. The molecular formula is C23H19FN2O3S. The Morgan fingerprint density at radius 3 is 2.73 bits per heavy atom. The number of nitrogens with zero attached hydrogens (tertiary/aromatic N) is 2. The molecule has 0 atom stereocenters. The lowest BCUT2D eigenvalue weighted by atomic mass is 10.2. The number of aliphatic imine (C=N–C) groups is 1. The Bertz CT molecular complexity index is 1110. The van der Waals surface area contributed by atoms with Crippen molar-refractivity contribution in [2.45, 2.75) is 0 Å². The molecule has 0 bridgehead atoms. The molecule has 1 aliphatic rings. The van der Waals surface area contributed by atoms with E-state index < -0.39 is 0 Å². The Balaban J connectivity index is 1.61. The van der Waals surface area contributed by atoms with Crippen LogP contribution in [0, 0.1) is 5.82 Å². The molecule has 7 heteroatoms. The number of para-hydroxylation sites is 1. The van der Waals surface area contributed by atoms with Gasteiger partial charge in [0, 0.05) is 18.7 Å². The predicted molar refractivity (Wildman–Crippen MR) is 117 cm³/mol. The summed E-state index contributed by atoms with van der Waals surface area (Å²) in [6.45, 7) is 0.801. The highest BCUT2D eigenvalue weighted by atomic mass is 32.2. The van der Waals surface area contributed by atoms with Gasteiger partial charge in [-0.15, -0.1) is 0 Å². The second kappa shape index (κ2) is 9.11. The summed E-state index contributed by atoms with van der Waals surface area (Å²) in [5, 5.41) is 0.589. The fraction of sp³-hybridized carbons (Fsp3) is 0.130. The van der Waals surface area contributed by atoms with Crippen LogP contribution in [0.3, 0.4) is 0 Å². The van der Waals surface area contributed by atoms with Gasteiger partial charge >= 0.3 is 0 Å². The number of halogens is 1. The topological polar surface area (TPSA) is 55.0 Å². The van der Waals surface area contributed by atoms with E-state index in [0.717, 1.165) is 5.69 Å². The lowest BCUT2D eigenvalue weighted by Gasteiger charge is -2.14. The number of ether oxygens (including phenoxy) is 1. The van der Waals surface area contributed by atoms with Gasteiger partial charge in [-0.25, -0.2) is 9.38 Å². The maximum absolute atomic E-state index is 13.5. The largest absolute Gasteiger partial charge is 0.457 e.